The van der Waals surface area contributed by atoms with Gasteiger partial charge in [-0.1, -0.05) is 24.3 Å². The molecular weight excluding hydrogens is 241 g/mol. The van der Waals surface area contributed by atoms with E-state index < -0.39 is 5.97 Å². The van der Waals surface area contributed by atoms with Crippen LogP contribution >= 0.6 is 0 Å². The molecule has 1 aromatic rings. The van der Waals surface area contributed by atoms with Gasteiger partial charge in [0.1, 0.15) is 0 Å². The van der Waals surface area contributed by atoms with Crippen molar-refractivity contribution < 1.29 is 44.3 Å². The number of carboxylic acid groups (broad SMARTS) is 1. The molecule has 0 bridgehead atoms. The van der Waals surface area contributed by atoms with Gasteiger partial charge >= 0.3 is 29.6 Å². The van der Waals surface area contributed by atoms with Crippen molar-refractivity contribution in [1.29, 1.82) is 0 Å². The van der Waals surface area contributed by atoms with E-state index in [0.717, 1.165) is 11.1 Å². The Morgan fingerprint density at radius 2 is 1.89 bits per heavy atom. The van der Waals surface area contributed by atoms with Crippen molar-refractivity contribution in [2.75, 3.05) is 0 Å². The molecule has 1 N–H and O–H groups in total. The molecule has 0 aliphatic rings. The summed E-state index contributed by atoms with van der Waals surface area (Å²) in [6.07, 6.45) is -0.287. The fraction of sp³-hybridized carbons (Fsp3) is 0.385. The minimum atomic E-state index is -1.20. The molecular formula is C13H16NNaO3. The van der Waals surface area contributed by atoms with Crippen LogP contribution in [0, 0.1) is 6.92 Å². The molecule has 18 heavy (non-hydrogen) atoms. The molecule has 1 atom stereocenters. The molecule has 0 fully saturated rings. The number of aryl methyl sites for hydroxylation is 1. The van der Waals surface area contributed by atoms with Crippen LogP contribution in [0.1, 0.15) is 36.9 Å². The quantitative estimate of drug-likeness (QED) is 0.604. The first kappa shape index (κ1) is 17.2. The standard InChI is InChI=1S/C13H17NO3.Na/c1-9-5-3-4-6-11(9)10(2)14-12(15)7-8-13(16)17;/h3-6,10H,7-8H2,1-2H3,(H,14,15)(H,16,17);/q;+1/p-1. The molecule has 0 saturated carbocycles. The van der Waals surface area contributed by atoms with E-state index in [9.17, 15) is 14.7 Å². The Hall–Kier alpha value is -0.840. The summed E-state index contributed by atoms with van der Waals surface area (Å²) in [4.78, 5) is 21.7. The van der Waals surface area contributed by atoms with E-state index in [1.165, 1.54) is 0 Å². The molecule has 1 unspecified atom stereocenters. The second-order valence-electron chi connectivity index (χ2n) is 4.02. The maximum Gasteiger partial charge on any atom is 1.00 e. The van der Waals surface area contributed by atoms with E-state index in [2.05, 4.69) is 5.32 Å². The van der Waals surface area contributed by atoms with E-state index in [1.54, 1.807) is 0 Å². The van der Waals surface area contributed by atoms with Gasteiger partial charge in [0, 0.05) is 12.4 Å². The van der Waals surface area contributed by atoms with Gasteiger partial charge in [0.15, 0.2) is 0 Å². The normalized spacial score (nSPS) is 11.2. The Morgan fingerprint density at radius 3 is 2.44 bits per heavy atom. The zero-order chi connectivity index (χ0) is 12.8. The Balaban J connectivity index is 0.00000289. The molecule has 0 radical (unpaired) electrons. The zero-order valence-corrected chi connectivity index (χ0v) is 13.0. The number of nitrogens with one attached hydrogen (secondary N) is 1. The van der Waals surface area contributed by atoms with Crippen LogP contribution in [0.4, 0.5) is 0 Å². The predicted molar refractivity (Wildman–Crippen MR) is 62.0 cm³/mol. The molecule has 0 aliphatic carbocycles. The summed E-state index contributed by atoms with van der Waals surface area (Å²) in [6, 6.07) is 7.64. The summed E-state index contributed by atoms with van der Waals surface area (Å²) in [5.74, 6) is -1.48. The molecule has 92 valence electrons. The van der Waals surface area contributed by atoms with Gasteiger partial charge < -0.3 is 15.2 Å². The Kier molecular flexibility index (Phi) is 7.91. The monoisotopic (exact) mass is 257 g/mol. The number of carbonyl (C=O) groups excluding carboxylic acids is 2. The Labute approximate surface area is 129 Å². The van der Waals surface area contributed by atoms with Gasteiger partial charge in [-0.3, -0.25) is 4.79 Å². The molecule has 5 heteroatoms. The fourth-order valence-corrected chi connectivity index (χ4v) is 1.68. The van der Waals surface area contributed by atoms with Crippen molar-refractivity contribution >= 4 is 11.9 Å². The molecule has 0 saturated heterocycles. The minimum Gasteiger partial charge on any atom is -0.550 e. The van der Waals surface area contributed by atoms with Crippen LogP contribution in [0.25, 0.3) is 0 Å². The smallest absolute Gasteiger partial charge is 0.550 e. The number of carboxylic acids is 1. The summed E-state index contributed by atoms with van der Waals surface area (Å²) < 4.78 is 0. The van der Waals surface area contributed by atoms with Crippen molar-refractivity contribution in [3.63, 3.8) is 0 Å². The largest absolute Gasteiger partial charge is 1.00 e. The van der Waals surface area contributed by atoms with E-state index in [1.807, 2.05) is 38.1 Å². The van der Waals surface area contributed by atoms with Gasteiger partial charge in [0.05, 0.1) is 6.04 Å². The number of amides is 1. The first-order valence-electron chi connectivity index (χ1n) is 5.55. The van der Waals surface area contributed by atoms with Crippen LogP contribution in [0.15, 0.2) is 24.3 Å². The van der Waals surface area contributed by atoms with Crippen molar-refractivity contribution in [3.8, 4) is 0 Å². The molecule has 0 spiro atoms. The molecule has 1 aromatic carbocycles. The first-order valence-corrected chi connectivity index (χ1v) is 5.55. The second-order valence-corrected chi connectivity index (χ2v) is 4.02. The van der Waals surface area contributed by atoms with Crippen LogP contribution in [-0.4, -0.2) is 11.9 Å². The van der Waals surface area contributed by atoms with Gasteiger partial charge in [-0.15, -0.1) is 0 Å². The van der Waals surface area contributed by atoms with Crippen LogP contribution in [0.2, 0.25) is 0 Å². The number of rotatable bonds is 5. The summed E-state index contributed by atoms with van der Waals surface area (Å²) in [5.41, 5.74) is 2.13. The fourth-order valence-electron chi connectivity index (χ4n) is 1.68. The maximum absolute atomic E-state index is 11.4. The average molecular weight is 257 g/mol. The van der Waals surface area contributed by atoms with Gasteiger partial charge in [0.2, 0.25) is 5.91 Å². The number of hydrogen-bond acceptors (Lipinski definition) is 3. The average Bonchev–Trinajstić information content (AvgIpc) is 2.26. The van der Waals surface area contributed by atoms with Crippen LogP contribution in [0.5, 0.6) is 0 Å². The molecule has 0 aliphatic heterocycles. The summed E-state index contributed by atoms with van der Waals surface area (Å²) in [5, 5.41) is 13.0. The van der Waals surface area contributed by atoms with Crippen molar-refractivity contribution in [1.82, 2.24) is 5.32 Å². The van der Waals surface area contributed by atoms with E-state index in [-0.39, 0.29) is 54.3 Å². The predicted octanol–water partition coefficient (Wildman–Crippen LogP) is -2.29. The van der Waals surface area contributed by atoms with E-state index in [4.69, 9.17) is 0 Å². The van der Waals surface area contributed by atoms with E-state index >= 15 is 0 Å². The second kappa shape index (κ2) is 8.29. The zero-order valence-electron chi connectivity index (χ0n) is 11.0. The van der Waals surface area contributed by atoms with E-state index in [0.29, 0.717) is 0 Å². The maximum atomic E-state index is 11.4. The number of aliphatic carboxylic acids is 1. The topological polar surface area (TPSA) is 69.2 Å². The summed E-state index contributed by atoms with van der Waals surface area (Å²) in [7, 11) is 0. The number of hydrogen-bond donors (Lipinski definition) is 1. The molecule has 1 amide bonds. The SMILES string of the molecule is Cc1ccccc1C(C)NC(=O)CCC(=O)[O-].[Na+]. The van der Waals surface area contributed by atoms with Gasteiger partial charge in [-0.05, 0) is 31.4 Å². The van der Waals surface area contributed by atoms with Crippen LogP contribution in [0.3, 0.4) is 0 Å². The third-order valence-corrected chi connectivity index (χ3v) is 2.59. The minimum absolute atomic E-state index is 0. The van der Waals surface area contributed by atoms with Crippen LogP contribution in [-0.2, 0) is 9.59 Å². The summed E-state index contributed by atoms with van der Waals surface area (Å²) in [6.45, 7) is 3.85. The number of benzene rings is 1. The first-order chi connectivity index (χ1) is 8.00. The molecule has 1 rings (SSSR count). The molecule has 4 nitrogen and oxygen atoms in total. The van der Waals surface area contributed by atoms with Gasteiger partial charge in [0.25, 0.3) is 0 Å². The van der Waals surface area contributed by atoms with Gasteiger partial charge in [-0.2, -0.15) is 0 Å². The Bertz CT molecular complexity index is 420. The molecule has 0 aromatic heterocycles. The Morgan fingerprint density at radius 1 is 1.28 bits per heavy atom. The third kappa shape index (κ3) is 5.67. The number of carbonyl (C=O) groups is 2. The van der Waals surface area contributed by atoms with Gasteiger partial charge in [-0.25, -0.2) is 0 Å². The molecule has 0 heterocycles. The summed E-state index contributed by atoms with van der Waals surface area (Å²) >= 11 is 0. The van der Waals surface area contributed by atoms with Crippen molar-refractivity contribution in [3.05, 3.63) is 35.4 Å². The van der Waals surface area contributed by atoms with Crippen molar-refractivity contribution in [2.45, 2.75) is 32.7 Å². The third-order valence-electron chi connectivity index (χ3n) is 2.59. The van der Waals surface area contributed by atoms with Crippen LogP contribution < -0.4 is 40.0 Å². The van der Waals surface area contributed by atoms with Crippen molar-refractivity contribution in [2.24, 2.45) is 0 Å².